The minimum atomic E-state index is 0.251. The molecule has 20 heavy (non-hydrogen) atoms. The number of nitrogens with one attached hydrogen (secondary N) is 1. The summed E-state index contributed by atoms with van der Waals surface area (Å²) < 4.78 is 1.96. The van der Waals surface area contributed by atoms with Gasteiger partial charge in [0.05, 0.1) is 29.5 Å². The summed E-state index contributed by atoms with van der Waals surface area (Å²) in [5, 5.41) is 8.58. The van der Waals surface area contributed by atoms with Gasteiger partial charge in [-0.25, -0.2) is 0 Å². The highest BCUT2D eigenvalue weighted by atomic mass is 35.5. The van der Waals surface area contributed by atoms with E-state index >= 15 is 0 Å². The summed E-state index contributed by atoms with van der Waals surface area (Å²) in [6.45, 7) is 8.01. The van der Waals surface area contributed by atoms with Crippen LogP contribution in [0.5, 0.6) is 0 Å². The maximum atomic E-state index is 6.07. The maximum absolute atomic E-state index is 6.07. The van der Waals surface area contributed by atoms with Crippen LogP contribution >= 0.6 is 11.6 Å². The Balaban J connectivity index is 2.19. The van der Waals surface area contributed by atoms with Crippen molar-refractivity contribution in [3.8, 4) is 0 Å². The first-order valence-electron chi connectivity index (χ1n) is 7.15. The van der Waals surface area contributed by atoms with Crippen LogP contribution in [-0.2, 0) is 13.0 Å². The van der Waals surface area contributed by atoms with Gasteiger partial charge in [-0.15, -0.1) is 0 Å². The normalized spacial score (nSPS) is 12.6. The first kappa shape index (κ1) is 15.1. The maximum Gasteiger partial charge on any atom is 0.0814 e. The number of nitrogens with zero attached hydrogens (tertiary/aromatic N) is 2. The van der Waals surface area contributed by atoms with Gasteiger partial charge in [-0.1, -0.05) is 49.7 Å². The Morgan fingerprint density at radius 1 is 1.25 bits per heavy atom. The number of likely N-dealkylation sites (N-methyl/N-ethyl adjacent to an activating group) is 1. The fraction of sp³-hybridized carbons (Fsp3) is 0.438. The SMILES string of the molecule is CCNC(Cn1ncc(Cl)c1C)c1ccc(CC)cc1. The zero-order chi connectivity index (χ0) is 14.5. The third-order valence-electron chi connectivity index (χ3n) is 3.64. The van der Waals surface area contributed by atoms with Crippen molar-refractivity contribution in [1.82, 2.24) is 15.1 Å². The van der Waals surface area contributed by atoms with Crippen molar-refractivity contribution in [2.45, 2.75) is 39.8 Å². The number of aromatic nitrogens is 2. The molecular formula is C16H22ClN3. The Labute approximate surface area is 126 Å². The summed E-state index contributed by atoms with van der Waals surface area (Å²) in [4.78, 5) is 0. The number of halogens is 1. The molecule has 1 aromatic heterocycles. The van der Waals surface area contributed by atoms with Crippen molar-refractivity contribution >= 4 is 11.6 Å². The van der Waals surface area contributed by atoms with Gasteiger partial charge in [0.15, 0.2) is 0 Å². The summed E-state index contributed by atoms with van der Waals surface area (Å²) >= 11 is 6.07. The molecule has 2 rings (SSSR count). The van der Waals surface area contributed by atoms with E-state index < -0.39 is 0 Å². The molecule has 0 spiro atoms. The minimum Gasteiger partial charge on any atom is -0.309 e. The molecule has 108 valence electrons. The first-order chi connectivity index (χ1) is 9.65. The fourth-order valence-corrected chi connectivity index (χ4v) is 2.44. The fourth-order valence-electron chi connectivity index (χ4n) is 2.30. The Morgan fingerprint density at radius 2 is 1.95 bits per heavy atom. The van der Waals surface area contributed by atoms with E-state index in [1.807, 2.05) is 11.6 Å². The topological polar surface area (TPSA) is 29.9 Å². The molecule has 1 aromatic carbocycles. The van der Waals surface area contributed by atoms with Crippen molar-refractivity contribution in [1.29, 1.82) is 0 Å². The predicted molar refractivity (Wildman–Crippen MR) is 84.2 cm³/mol. The molecular weight excluding hydrogens is 270 g/mol. The van der Waals surface area contributed by atoms with Crippen molar-refractivity contribution in [2.75, 3.05) is 6.54 Å². The summed E-state index contributed by atoms with van der Waals surface area (Å²) in [5.41, 5.74) is 3.66. The molecule has 0 fully saturated rings. The van der Waals surface area contributed by atoms with Crippen molar-refractivity contribution in [2.24, 2.45) is 0 Å². The van der Waals surface area contributed by atoms with Gasteiger partial charge in [0.25, 0.3) is 0 Å². The Bertz CT molecular complexity index is 545. The van der Waals surface area contributed by atoms with E-state index in [2.05, 4.69) is 48.5 Å². The lowest BCUT2D eigenvalue weighted by Crippen LogP contribution is -2.26. The van der Waals surface area contributed by atoms with E-state index in [9.17, 15) is 0 Å². The average Bonchev–Trinajstić information content (AvgIpc) is 2.79. The molecule has 0 bridgehead atoms. The molecule has 1 atom stereocenters. The largest absolute Gasteiger partial charge is 0.309 e. The summed E-state index contributed by atoms with van der Waals surface area (Å²) in [6.07, 6.45) is 2.78. The number of aryl methyl sites for hydroxylation is 1. The summed E-state index contributed by atoms with van der Waals surface area (Å²) in [5.74, 6) is 0. The number of hydrogen-bond donors (Lipinski definition) is 1. The van der Waals surface area contributed by atoms with Crippen LogP contribution in [0.15, 0.2) is 30.5 Å². The Kier molecular flexibility index (Phi) is 5.21. The van der Waals surface area contributed by atoms with Crippen molar-refractivity contribution < 1.29 is 0 Å². The molecule has 2 aromatic rings. The predicted octanol–water partition coefficient (Wildman–Crippen LogP) is 3.76. The molecule has 1 N–H and O–H groups in total. The van der Waals surface area contributed by atoms with Crippen LogP contribution in [-0.4, -0.2) is 16.3 Å². The molecule has 1 unspecified atom stereocenters. The van der Waals surface area contributed by atoms with E-state index in [1.165, 1.54) is 11.1 Å². The van der Waals surface area contributed by atoms with Crippen LogP contribution in [0.3, 0.4) is 0 Å². The van der Waals surface area contributed by atoms with Crippen LogP contribution in [0.2, 0.25) is 5.02 Å². The monoisotopic (exact) mass is 291 g/mol. The second kappa shape index (κ2) is 6.91. The molecule has 1 heterocycles. The van der Waals surface area contributed by atoms with Crippen LogP contribution in [0.1, 0.15) is 36.7 Å². The summed E-state index contributed by atoms with van der Waals surface area (Å²) in [6, 6.07) is 9.05. The van der Waals surface area contributed by atoms with Crippen LogP contribution in [0.25, 0.3) is 0 Å². The molecule has 0 aliphatic heterocycles. The third-order valence-corrected chi connectivity index (χ3v) is 4.01. The highest BCUT2D eigenvalue weighted by Crippen LogP contribution is 2.20. The smallest absolute Gasteiger partial charge is 0.0814 e. The van der Waals surface area contributed by atoms with Gasteiger partial charge in [0.1, 0.15) is 0 Å². The molecule has 0 saturated carbocycles. The van der Waals surface area contributed by atoms with E-state index in [0.717, 1.165) is 30.2 Å². The van der Waals surface area contributed by atoms with Gasteiger partial charge < -0.3 is 5.32 Å². The molecule has 0 amide bonds. The standard InChI is InChI=1S/C16H22ClN3/c1-4-13-6-8-14(9-7-13)16(18-5-2)11-20-12(3)15(17)10-19-20/h6-10,16,18H,4-5,11H2,1-3H3. The zero-order valence-electron chi connectivity index (χ0n) is 12.4. The molecule has 3 nitrogen and oxygen atoms in total. The lowest BCUT2D eigenvalue weighted by molar-refractivity contribution is 0.442. The van der Waals surface area contributed by atoms with Gasteiger partial charge in [0.2, 0.25) is 0 Å². The highest BCUT2D eigenvalue weighted by molar-refractivity contribution is 6.31. The van der Waals surface area contributed by atoms with Gasteiger partial charge in [-0.05, 0) is 31.0 Å². The first-order valence-corrected chi connectivity index (χ1v) is 7.53. The number of hydrogen-bond acceptors (Lipinski definition) is 2. The van der Waals surface area contributed by atoms with Gasteiger partial charge in [0, 0.05) is 0 Å². The van der Waals surface area contributed by atoms with E-state index in [-0.39, 0.29) is 6.04 Å². The lowest BCUT2D eigenvalue weighted by Gasteiger charge is -2.19. The molecule has 0 aliphatic carbocycles. The quantitative estimate of drug-likeness (QED) is 0.878. The van der Waals surface area contributed by atoms with E-state index in [0.29, 0.717) is 0 Å². The van der Waals surface area contributed by atoms with Gasteiger partial charge in [-0.2, -0.15) is 5.10 Å². The molecule has 0 aliphatic rings. The zero-order valence-corrected chi connectivity index (χ0v) is 13.1. The minimum absolute atomic E-state index is 0.251. The molecule has 0 saturated heterocycles. The average molecular weight is 292 g/mol. The second-order valence-corrected chi connectivity index (χ2v) is 5.37. The van der Waals surface area contributed by atoms with Crippen LogP contribution < -0.4 is 5.32 Å². The Hall–Kier alpha value is -1.32. The molecule has 0 radical (unpaired) electrons. The van der Waals surface area contributed by atoms with Gasteiger partial charge in [-0.3, -0.25) is 4.68 Å². The number of rotatable bonds is 6. The van der Waals surface area contributed by atoms with Crippen LogP contribution in [0.4, 0.5) is 0 Å². The molecule has 4 heteroatoms. The third kappa shape index (κ3) is 3.41. The van der Waals surface area contributed by atoms with E-state index in [4.69, 9.17) is 11.6 Å². The number of benzene rings is 1. The van der Waals surface area contributed by atoms with Crippen molar-refractivity contribution in [3.63, 3.8) is 0 Å². The van der Waals surface area contributed by atoms with E-state index in [1.54, 1.807) is 6.20 Å². The second-order valence-electron chi connectivity index (χ2n) is 4.97. The van der Waals surface area contributed by atoms with Crippen molar-refractivity contribution in [3.05, 3.63) is 52.3 Å². The van der Waals surface area contributed by atoms with Crippen LogP contribution in [0, 0.1) is 6.92 Å². The Morgan fingerprint density at radius 3 is 2.45 bits per heavy atom. The summed E-state index contributed by atoms with van der Waals surface area (Å²) in [7, 11) is 0. The lowest BCUT2D eigenvalue weighted by atomic mass is 10.0. The highest BCUT2D eigenvalue weighted by Gasteiger charge is 2.13. The van der Waals surface area contributed by atoms with Gasteiger partial charge >= 0.3 is 0 Å².